The molecule has 3 N–H and O–H groups in total. The van der Waals surface area contributed by atoms with E-state index in [-0.39, 0.29) is 17.9 Å². The zero-order valence-corrected chi connectivity index (χ0v) is 12.1. The number of nitrogens with two attached hydrogens (primary N) is 1. The van der Waals surface area contributed by atoms with E-state index in [1.54, 1.807) is 6.92 Å². The summed E-state index contributed by atoms with van der Waals surface area (Å²) in [7, 11) is 3.91. The molecule has 19 heavy (non-hydrogen) atoms. The van der Waals surface area contributed by atoms with E-state index in [0.717, 1.165) is 6.54 Å². The van der Waals surface area contributed by atoms with Crippen molar-refractivity contribution in [3.05, 3.63) is 10.4 Å². The Morgan fingerprint density at radius 3 is 2.79 bits per heavy atom. The Bertz CT molecular complexity index is 491. The van der Waals surface area contributed by atoms with Crippen LogP contribution in [0, 0.1) is 11.3 Å². The average Bonchev–Trinajstić information content (AvgIpc) is 2.65. The van der Waals surface area contributed by atoms with E-state index in [2.05, 4.69) is 5.32 Å². The number of hydrogen-bond acceptors (Lipinski definition) is 7. The van der Waals surface area contributed by atoms with Gasteiger partial charge < -0.3 is 20.7 Å². The highest BCUT2D eigenvalue weighted by molar-refractivity contribution is 7.17. The van der Waals surface area contributed by atoms with Crippen LogP contribution in [0.25, 0.3) is 0 Å². The molecule has 1 heterocycles. The molecule has 0 bridgehead atoms. The third-order valence-corrected chi connectivity index (χ3v) is 3.44. The van der Waals surface area contributed by atoms with Crippen LogP contribution in [0.5, 0.6) is 0 Å². The lowest BCUT2D eigenvalue weighted by Gasteiger charge is -2.11. The Morgan fingerprint density at radius 2 is 2.26 bits per heavy atom. The fourth-order valence-electron chi connectivity index (χ4n) is 1.45. The largest absolute Gasteiger partial charge is 0.462 e. The third-order valence-electron chi connectivity index (χ3n) is 2.37. The summed E-state index contributed by atoms with van der Waals surface area (Å²) in [6.45, 7) is 3.46. The van der Waals surface area contributed by atoms with Gasteiger partial charge in [0.15, 0.2) is 0 Å². The normalized spacial score (nSPS) is 10.3. The van der Waals surface area contributed by atoms with Crippen LogP contribution < -0.4 is 11.1 Å². The highest BCUT2D eigenvalue weighted by Gasteiger charge is 2.22. The summed E-state index contributed by atoms with van der Waals surface area (Å²) in [5.74, 6) is -0.495. The summed E-state index contributed by atoms with van der Waals surface area (Å²) in [6, 6.07) is 1.99. The Labute approximate surface area is 116 Å². The lowest BCUT2D eigenvalue weighted by molar-refractivity contribution is 0.0529. The van der Waals surface area contributed by atoms with Crippen molar-refractivity contribution in [3.8, 4) is 6.07 Å². The van der Waals surface area contributed by atoms with Gasteiger partial charge in [-0.15, -0.1) is 11.3 Å². The number of nitrogen functional groups attached to an aromatic ring is 1. The fourth-order valence-corrected chi connectivity index (χ4v) is 2.38. The molecule has 0 fully saturated rings. The van der Waals surface area contributed by atoms with Crippen LogP contribution in [-0.4, -0.2) is 44.7 Å². The molecule has 0 spiro atoms. The molecular formula is C12H18N4O2S. The smallest absolute Gasteiger partial charge is 0.343 e. The van der Waals surface area contributed by atoms with E-state index in [1.807, 2.05) is 25.1 Å². The van der Waals surface area contributed by atoms with Crippen molar-refractivity contribution in [1.29, 1.82) is 5.26 Å². The quantitative estimate of drug-likeness (QED) is 0.765. The summed E-state index contributed by atoms with van der Waals surface area (Å²) in [6.07, 6.45) is 0. The summed E-state index contributed by atoms with van der Waals surface area (Å²) < 4.78 is 4.96. The highest BCUT2D eigenvalue weighted by atomic mass is 32.1. The lowest BCUT2D eigenvalue weighted by atomic mass is 10.2. The molecule has 0 aliphatic carbocycles. The first-order valence-corrected chi connectivity index (χ1v) is 6.71. The van der Waals surface area contributed by atoms with Crippen molar-refractivity contribution >= 4 is 28.0 Å². The molecule has 7 heteroatoms. The minimum atomic E-state index is -0.495. The van der Waals surface area contributed by atoms with E-state index in [9.17, 15) is 4.79 Å². The van der Waals surface area contributed by atoms with Gasteiger partial charge in [0.1, 0.15) is 21.5 Å². The Kier molecular flexibility index (Phi) is 5.60. The second-order valence-corrected chi connectivity index (χ2v) is 5.13. The number of hydrogen-bond donors (Lipinski definition) is 2. The van der Waals surface area contributed by atoms with E-state index >= 15 is 0 Å². The maximum Gasteiger partial charge on any atom is 0.343 e. The van der Waals surface area contributed by atoms with Crippen LogP contribution in [0.4, 0.5) is 10.7 Å². The Hall–Kier alpha value is -1.78. The van der Waals surface area contributed by atoms with Gasteiger partial charge >= 0.3 is 5.97 Å². The number of rotatable bonds is 6. The lowest BCUT2D eigenvalue weighted by Crippen LogP contribution is -2.21. The van der Waals surface area contributed by atoms with Gasteiger partial charge in [0.25, 0.3) is 0 Å². The van der Waals surface area contributed by atoms with Crippen molar-refractivity contribution in [3.63, 3.8) is 0 Å². The molecule has 0 saturated heterocycles. The molecule has 1 aromatic rings. The number of likely N-dealkylation sites (N-methyl/N-ethyl adjacent to an activating group) is 1. The van der Waals surface area contributed by atoms with Crippen molar-refractivity contribution in [2.75, 3.05) is 44.8 Å². The highest BCUT2D eigenvalue weighted by Crippen LogP contribution is 2.35. The van der Waals surface area contributed by atoms with Crippen molar-refractivity contribution in [2.45, 2.75) is 6.92 Å². The predicted octanol–water partition coefficient (Wildman–Crippen LogP) is 1.35. The zero-order valence-electron chi connectivity index (χ0n) is 11.3. The number of carbonyl (C=O) groups is 1. The van der Waals surface area contributed by atoms with Crippen LogP contribution in [0.3, 0.4) is 0 Å². The fraction of sp³-hybridized carbons (Fsp3) is 0.500. The topological polar surface area (TPSA) is 91.4 Å². The van der Waals surface area contributed by atoms with Crippen molar-refractivity contribution < 1.29 is 9.53 Å². The SMILES string of the molecule is CCOC(=O)c1c(NCCN(C)C)sc(C#N)c1N. The first-order valence-electron chi connectivity index (χ1n) is 5.89. The van der Waals surface area contributed by atoms with Gasteiger partial charge in [0, 0.05) is 13.1 Å². The van der Waals surface area contributed by atoms with Crippen LogP contribution in [0.1, 0.15) is 22.2 Å². The molecule has 0 saturated carbocycles. The number of anilines is 2. The Balaban J connectivity index is 2.95. The standard InChI is InChI=1S/C12H18N4O2S/c1-4-18-12(17)9-10(14)8(7-13)19-11(9)15-5-6-16(2)3/h15H,4-6,14H2,1-3H3. The minimum Gasteiger partial charge on any atom is -0.462 e. The summed E-state index contributed by atoms with van der Waals surface area (Å²) in [5, 5.41) is 12.7. The van der Waals surface area contributed by atoms with E-state index in [1.165, 1.54) is 11.3 Å². The van der Waals surface area contributed by atoms with E-state index in [0.29, 0.717) is 16.4 Å². The monoisotopic (exact) mass is 282 g/mol. The number of nitrogens with zero attached hydrogens (tertiary/aromatic N) is 2. The molecule has 0 atom stereocenters. The molecule has 0 unspecified atom stereocenters. The molecule has 0 aliphatic heterocycles. The molecule has 0 radical (unpaired) electrons. The van der Waals surface area contributed by atoms with E-state index in [4.69, 9.17) is 15.7 Å². The second-order valence-electron chi connectivity index (χ2n) is 4.11. The van der Waals surface area contributed by atoms with Gasteiger partial charge in [-0.2, -0.15) is 5.26 Å². The number of nitrogens with one attached hydrogen (secondary N) is 1. The molecule has 104 valence electrons. The summed E-state index contributed by atoms with van der Waals surface area (Å²) >= 11 is 1.18. The first kappa shape index (κ1) is 15.3. The molecular weight excluding hydrogens is 264 g/mol. The maximum atomic E-state index is 11.9. The maximum absolute atomic E-state index is 11.9. The van der Waals surface area contributed by atoms with Crippen LogP contribution in [0.2, 0.25) is 0 Å². The van der Waals surface area contributed by atoms with Crippen LogP contribution >= 0.6 is 11.3 Å². The predicted molar refractivity (Wildman–Crippen MR) is 76.4 cm³/mol. The van der Waals surface area contributed by atoms with Gasteiger partial charge in [-0.25, -0.2) is 4.79 Å². The van der Waals surface area contributed by atoms with Gasteiger partial charge in [-0.3, -0.25) is 0 Å². The molecule has 0 aliphatic rings. The first-order chi connectivity index (χ1) is 9.01. The van der Waals surface area contributed by atoms with Gasteiger partial charge in [-0.1, -0.05) is 0 Å². The summed E-state index contributed by atoms with van der Waals surface area (Å²) in [4.78, 5) is 14.2. The number of esters is 1. The molecule has 0 aromatic carbocycles. The average molecular weight is 282 g/mol. The van der Waals surface area contributed by atoms with Crippen molar-refractivity contribution in [1.82, 2.24) is 4.90 Å². The summed E-state index contributed by atoms with van der Waals surface area (Å²) in [5.41, 5.74) is 6.27. The van der Waals surface area contributed by atoms with Crippen molar-refractivity contribution in [2.24, 2.45) is 0 Å². The minimum absolute atomic E-state index is 0.193. The van der Waals surface area contributed by atoms with Crippen LogP contribution in [0.15, 0.2) is 0 Å². The molecule has 1 aromatic heterocycles. The zero-order chi connectivity index (χ0) is 14.4. The van der Waals surface area contributed by atoms with E-state index < -0.39 is 5.97 Å². The number of nitriles is 1. The third kappa shape index (κ3) is 3.84. The molecule has 0 amide bonds. The second kappa shape index (κ2) is 6.97. The van der Waals surface area contributed by atoms with Gasteiger partial charge in [0.2, 0.25) is 0 Å². The number of ether oxygens (including phenoxy) is 1. The molecule has 1 rings (SSSR count). The number of carbonyl (C=O) groups excluding carboxylic acids is 1. The van der Waals surface area contributed by atoms with Crippen LogP contribution in [-0.2, 0) is 4.74 Å². The Morgan fingerprint density at radius 1 is 1.58 bits per heavy atom. The molecule has 6 nitrogen and oxygen atoms in total. The van der Waals surface area contributed by atoms with Gasteiger partial charge in [-0.05, 0) is 21.0 Å². The van der Waals surface area contributed by atoms with Gasteiger partial charge in [0.05, 0.1) is 12.3 Å². The number of thiophene rings is 1.